The Labute approximate surface area is 174 Å². The number of anilines is 1. The average molecular weight is 434 g/mol. The summed E-state index contributed by atoms with van der Waals surface area (Å²) in [5.74, 6) is 1.92. The summed E-state index contributed by atoms with van der Waals surface area (Å²) < 4.78 is 42.1. The molecule has 0 aliphatic carbocycles. The molecule has 0 radical (unpaired) electrons. The molecule has 3 rings (SSSR count). The molecule has 0 bridgehead atoms. The SMILES string of the molecule is CCNC(=NCC1CCN(CC(F)(F)F)C1)N1CCN(c2nc(CC)ns2)CC1. The van der Waals surface area contributed by atoms with E-state index in [0.29, 0.717) is 19.6 Å². The third-order valence-electron chi connectivity index (χ3n) is 5.23. The van der Waals surface area contributed by atoms with Crippen LogP contribution in [0.5, 0.6) is 0 Å². The van der Waals surface area contributed by atoms with Crippen LogP contribution in [0.2, 0.25) is 0 Å². The van der Waals surface area contributed by atoms with E-state index < -0.39 is 12.7 Å². The molecule has 2 aliphatic rings. The van der Waals surface area contributed by atoms with Gasteiger partial charge in [-0.15, -0.1) is 0 Å². The van der Waals surface area contributed by atoms with Gasteiger partial charge >= 0.3 is 6.18 Å². The zero-order valence-corrected chi connectivity index (χ0v) is 17.9. The zero-order valence-electron chi connectivity index (χ0n) is 17.1. The number of nitrogens with one attached hydrogen (secondary N) is 1. The summed E-state index contributed by atoms with van der Waals surface area (Å²) >= 11 is 1.45. The van der Waals surface area contributed by atoms with E-state index >= 15 is 0 Å². The fraction of sp³-hybridized carbons (Fsp3) is 0.833. The summed E-state index contributed by atoms with van der Waals surface area (Å²) in [5, 5.41) is 4.30. The highest BCUT2D eigenvalue weighted by Crippen LogP contribution is 2.23. The Morgan fingerprint density at radius 2 is 1.97 bits per heavy atom. The molecule has 0 saturated carbocycles. The van der Waals surface area contributed by atoms with E-state index in [4.69, 9.17) is 4.99 Å². The lowest BCUT2D eigenvalue weighted by Gasteiger charge is -2.36. The zero-order chi connectivity index (χ0) is 20.9. The summed E-state index contributed by atoms with van der Waals surface area (Å²) in [6, 6.07) is 0. The minimum Gasteiger partial charge on any atom is -0.357 e. The van der Waals surface area contributed by atoms with Gasteiger partial charge in [0.1, 0.15) is 5.82 Å². The highest BCUT2D eigenvalue weighted by Gasteiger charge is 2.34. The van der Waals surface area contributed by atoms with Gasteiger partial charge in [0.05, 0.1) is 6.54 Å². The molecule has 1 aromatic heterocycles. The van der Waals surface area contributed by atoms with Gasteiger partial charge in [-0.05, 0) is 25.8 Å². The lowest BCUT2D eigenvalue weighted by Crippen LogP contribution is -2.52. The van der Waals surface area contributed by atoms with Gasteiger partial charge < -0.3 is 15.1 Å². The second-order valence-electron chi connectivity index (χ2n) is 7.52. The number of likely N-dealkylation sites (tertiary alicyclic amines) is 1. The molecule has 1 N–H and O–H groups in total. The Hall–Kier alpha value is -1.62. The Bertz CT molecular complexity index is 671. The molecule has 0 amide bonds. The molecule has 29 heavy (non-hydrogen) atoms. The van der Waals surface area contributed by atoms with Crippen molar-refractivity contribution in [2.75, 3.05) is 63.8 Å². The molecular weight excluding hydrogens is 403 g/mol. The fourth-order valence-corrected chi connectivity index (χ4v) is 4.53. The van der Waals surface area contributed by atoms with E-state index in [-0.39, 0.29) is 5.92 Å². The molecular formula is C18H30F3N7S. The van der Waals surface area contributed by atoms with Gasteiger partial charge in [-0.2, -0.15) is 17.5 Å². The molecule has 0 spiro atoms. The first-order valence-corrected chi connectivity index (χ1v) is 11.0. The molecule has 1 atom stereocenters. The van der Waals surface area contributed by atoms with Gasteiger partial charge in [0.15, 0.2) is 5.96 Å². The Balaban J connectivity index is 1.51. The van der Waals surface area contributed by atoms with Gasteiger partial charge in [0.2, 0.25) is 5.13 Å². The number of alkyl halides is 3. The number of aliphatic imine (C=N–C) groups is 1. The van der Waals surface area contributed by atoms with Crippen molar-refractivity contribution in [2.45, 2.75) is 32.9 Å². The topological polar surface area (TPSA) is 59.9 Å². The lowest BCUT2D eigenvalue weighted by molar-refractivity contribution is -0.143. The van der Waals surface area contributed by atoms with Crippen LogP contribution in [0.1, 0.15) is 26.1 Å². The van der Waals surface area contributed by atoms with Gasteiger partial charge in [0.25, 0.3) is 0 Å². The summed E-state index contributed by atoms with van der Waals surface area (Å²) in [5.41, 5.74) is 0. The third-order valence-corrected chi connectivity index (χ3v) is 6.05. The van der Waals surface area contributed by atoms with E-state index in [1.807, 2.05) is 6.92 Å². The van der Waals surface area contributed by atoms with Crippen molar-refractivity contribution in [3.63, 3.8) is 0 Å². The number of hydrogen-bond donors (Lipinski definition) is 1. The molecule has 0 aromatic carbocycles. The van der Waals surface area contributed by atoms with Crippen LogP contribution in [0.4, 0.5) is 18.3 Å². The number of hydrogen-bond acceptors (Lipinski definition) is 6. The third kappa shape index (κ3) is 6.43. The smallest absolute Gasteiger partial charge is 0.357 e. The first-order chi connectivity index (χ1) is 13.9. The summed E-state index contributed by atoms with van der Waals surface area (Å²) in [6.07, 6.45) is -2.52. The number of rotatable bonds is 6. The lowest BCUT2D eigenvalue weighted by atomic mass is 10.1. The summed E-state index contributed by atoms with van der Waals surface area (Å²) in [6.45, 7) is 8.92. The quantitative estimate of drug-likeness (QED) is 0.548. The van der Waals surface area contributed by atoms with Crippen molar-refractivity contribution in [3.05, 3.63) is 5.82 Å². The Morgan fingerprint density at radius 1 is 1.21 bits per heavy atom. The highest BCUT2D eigenvalue weighted by molar-refractivity contribution is 7.09. The summed E-state index contributed by atoms with van der Waals surface area (Å²) in [7, 11) is 0. The standard InChI is InChI=1S/C18H30F3N7S/c1-3-15-24-17(29-25-15)28-9-7-27(8-10-28)16(22-4-2)23-11-14-5-6-26(12-14)13-18(19,20)21/h14H,3-13H2,1-2H3,(H,22,23). The molecule has 1 aromatic rings. The first-order valence-electron chi connectivity index (χ1n) is 10.3. The second-order valence-corrected chi connectivity index (χ2v) is 8.25. The van der Waals surface area contributed by atoms with Crippen molar-refractivity contribution < 1.29 is 13.2 Å². The van der Waals surface area contributed by atoms with E-state index in [9.17, 15) is 13.2 Å². The molecule has 2 aliphatic heterocycles. The predicted molar refractivity (Wildman–Crippen MR) is 110 cm³/mol. The van der Waals surface area contributed by atoms with E-state index in [2.05, 4.69) is 31.4 Å². The molecule has 3 heterocycles. The maximum atomic E-state index is 12.6. The molecule has 2 fully saturated rings. The molecule has 164 valence electrons. The first kappa shape index (κ1) is 22.1. The van der Waals surface area contributed by atoms with Crippen LogP contribution in [0, 0.1) is 5.92 Å². The van der Waals surface area contributed by atoms with Crippen LogP contribution in [-0.2, 0) is 6.42 Å². The van der Waals surface area contributed by atoms with Crippen LogP contribution in [-0.4, -0.2) is 90.2 Å². The molecule has 7 nitrogen and oxygen atoms in total. The number of nitrogens with zero attached hydrogens (tertiary/aromatic N) is 6. The maximum Gasteiger partial charge on any atom is 0.401 e. The normalized spacial score (nSPS) is 21.8. The average Bonchev–Trinajstić information content (AvgIpc) is 3.33. The van der Waals surface area contributed by atoms with Crippen molar-refractivity contribution in [3.8, 4) is 0 Å². The molecule has 2 saturated heterocycles. The van der Waals surface area contributed by atoms with Gasteiger partial charge in [-0.3, -0.25) is 9.89 Å². The monoisotopic (exact) mass is 433 g/mol. The van der Waals surface area contributed by atoms with E-state index in [1.54, 1.807) is 0 Å². The van der Waals surface area contributed by atoms with Crippen LogP contribution in [0.25, 0.3) is 0 Å². The molecule has 11 heteroatoms. The van der Waals surface area contributed by atoms with Crippen LogP contribution < -0.4 is 10.2 Å². The minimum absolute atomic E-state index is 0.182. The van der Waals surface area contributed by atoms with Crippen LogP contribution in [0.15, 0.2) is 4.99 Å². The van der Waals surface area contributed by atoms with Crippen molar-refractivity contribution in [1.29, 1.82) is 0 Å². The number of piperazine rings is 1. The minimum atomic E-state index is -4.13. The van der Waals surface area contributed by atoms with Crippen LogP contribution in [0.3, 0.4) is 0 Å². The van der Waals surface area contributed by atoms with E-state index in [0.717, 1.165) is 62.5 Å². The maximum absolute atomic E-state index is 12.6. The number of aromatic nitrogens is 2. The fourth-order valence-electron chi connectivity index (χ4n) is 3.73. The Morgan fingerprint density at radius 3 is 2.59 bits per heavy atom. The van der Waals surface area contributed by atoms with E-state index in [1.165, 1.54) is 16.4 Å². The largest absolute Gasteiger partial charge is 0.401 e. The van der Waals surface area contributed by atoms with Gasteiger partial charge in [-0.1, -0.05) is 6.92 Å². The van der Waals surface area contributed by atoms with Crippen molar-refractivity contribution in [2.24, 2.45) is 10.9 Å². The van der Waals surface area contributed by atoms with Crippen LogP contribution >= 0.6 is 11.5 Å². The second kappa shape index (κ2) is 9.92. The van der Waals surface area contributed by atoms with Crippen molar-refractivity contribution >= 4 is 22.6 Å². The highest BCUT2D eigenvalue weighted by atomic mass is 32.1. The van der Waals surface area contributed by atoms with Crippen molar-refractivity contribution in [1.82, 2.24) is 24.5 Å². The van der Waals surface area contributed by atoms with Gasteiger partial charge in [0, 0.05) is 63.8 Å². The number of halogens is 3. The summed E-state index contributed by atoms with van der Waals surface area (Å²) in [4.78, 5) is 15.3. The predicted octanol–water partition coefficient (Wildman–Crippen LogP) is 2.07. The molecule has 1 unspecified atom stereocenters. The Kier molecular flexibility index (Phi) is 7.55. The number of guanidine groups is 1. The number of aryl methyl sites for hydroxylation is 1. The van der Waals surface area contributed by atoms with Gasteiger partial charge in [-0.25, -0.2) is 4.98 Å².